The van der Waals surface area contributed by atoms with Crippen molar-refractivity contribution in [2.45, 2.75) is 6.54 Å². The summed E-state index contributed by atoms with van der Waals surface area (Å²) >= 11 is 0. The number of hydrogen-bond donors (Lipinski definition) is 1. The molecule has 16 heavy (non-hydrogen) atoms. The topological polar surface area (TPSA) is 70.3 Å². The van der Waals surface area contributed by atoms with E-state index in [2.05, 4.69) is 11.1 Å². The summed E-state index contributed by atoms with van der Waals surface area (Å²) in [5.41, 5.74) is 7.87. The molecule has 2 rings (SSSR count). The van der Waals surface area contributed by atoms with Gasteiger partial charge in [0.2, 0.25) is 0 Å². The summed E-state index contributed by atoms with van der Waals surface area (Å²) in [5, 5.41) is 8.95. The quantitative estimate of drug-likeness (QED) is 0.801. The molecule has 2 N–H and O–H groups in total. The molecule has 5 nitrogen and oxygen atoms in total. The molecule has 0 unspecified atom stereocenters. The molecule has 0 aliphatic carbocycles. The first-order valence-electron chi connectivity index (χ1n) is 4.96. The molecule has 2 aromatic rings. The zero-order chi connectivity index (χ0) is 11.7. The largest absolute Gasteiger partial charge is 0.376 e. The van der Waals surface area contributed by atoms with E-state index < -0.39 is 0 Å². The van der Waals surface area contributed by atoms with Gasteiger partial charge >= 0.3 is 0 Å². The molecular weight excluding hydrogens is 202 g/mol. The van der Waals surface area contributed by atoms with Crippen molar-refractivity contribution in [2.24, 2.45) is 5.73 Å². The maximum Gasteiger partial charge on any atom is 0.166 e. The lowest BCUT2D eigenvalue weighted by atomic mass is 10.3. The highest BCUT2D eigenvalue weighted by Gasteiger charge is 2.10. The van der Waals surface area contributed by atoms with Gasteiger partial charge in [-0.05, 0) is 12.1 Å². The average Bonchev–Trinajstić information content (AvgIpc) is 2.65. The SMILES string of the molecule is CN(C)c1ccc2c(C#N)nc(CN)n2c1. The molecule has 0 radical (unpaired) electrons. The van der Waals surface area contributed by atoms with Crippen molar-refractivity contribution >= 4 is 11.2 Å². The van der Waals surface area contributed by atoms with Crippen LogP contribution >= 0.6 is 0 Å². The first-order valence-corrected chi connectivity index (χ1v) is 4.96. The maximum absolute atomic E-state index is 8.95. The van der Waals surface area contributed by atoms with Gasteiger partial charge in [0, 0.05) is 20.3 Å². The first kappa shape index (κ1) is 10.5. The van der Waals surface area contributed by atoms with Crippen molar-refractivity contribution in [1.29, 1.82) is 5.26 Å². The molecule has 0 aliphatic heterocycles. The summed E-state index contributed by atoms with van der Waals surface area (Å²) in [5.74, 6) is 0.704. The Kier molecular flexibility index (Phi) is 2.50. The van der Waals surface area contributed by atoms with E-state index in [0.29, 0.717) is 18.1 Å². The second kappa shape index (κ2) is 3.83. The molecule has 0 aromatic carbocycles. The highest BCUT2D eigenvalue weighted by molar-refractivity contribution is 5.62. The number of aromatic nitrogens is 2. The molecule has 82 valence electrons. The minimum absolute atomic E-state index is 0.319. The Morgan fingerprint density at radius 2 is 2.25 bits per heavy atom. The Morgan fingerprint density at radius 1 is 1.50 bits per heavy atom. The molecule has 0 atom stereocenters. The van der Waals surface area contributed by atoms with Crippen LogP contribution in [0.15, 0.2) is 18.3 Å². The van der Waals surface area contributed by atoms with Gasteiger partial charge in [-0.25, -0.2) is 4.98 Å². The number of rotatable bonds is 2. The predicted molar refractivity (Wildman–Crippen MR) is 62.1 cm³/mol. The van der Waals surface area contributed by atoms with Gasteiger partial charge in [0.1, 0.15) is 11.9 Å². The lowest BCUT2D eigenvalue weighted by Crippen LogP contribution is -2.10. The molecule has 0 fully saturated rings. The normalized spacial score (nSPS) is 10.4. The van der Waals surface area contributed by atoms with Gasteiger partial charge in [0.05, 0.1) is 17.7 Å². The fraction of sp³-hybridized carbons (Fsp3) is 0.273. The zero-order valence-electron chi connectivity index (χ0n) is 9.31. The molecule has 0 aliphatic rings. The van der Waals surface area contributed by atoms with E-state index in [1.54, 1.807) is 0 Å². The Labute approximate surface area is 93.7 Å². The third-order valence-corrected chi connectivity index (χ3v) is 2.50. The number of nitriles is 1. The lowest BCUT2D eigenvalue weighted by Gasteiger charge is -2.12. The van der Waals surface area contributed by atoms with Crippen molar-refractivity contribution < 1.29 is 0 Å². The van der Waals surface area contributed by atoms with Crippen LogP contribution < -0.4 is 10.6 Å². The number of imidazole rings is 1. The number of pyridine rings is 1. The van der Waals surface area contributed by atoms with Crippen LogP contribution in [-0.2, 0) is 6.54 Å². The van der Waals surface area contributed by atoms with Crippen molar-refractivity contribution in [3.8, 4) is 6.07 Å². The summed E-state index contributed by atoms with van der Waals surface area (Å²) in [6.07, 6.45) is 1.94. The second-order valence-electron chi connectivity index (χ2n) is 3.73. The van der Waals surface area contributed by atoms with Gasteiger partial charge in [-0.1, -0.05) is 0 Å². The number of nitrogens with zero attached hydrogens (tertiary/aromatic N) is 4. The van der Waals surface area contributed by atoms with E-state index in [-0.39, 0.29) is 0 Å². The standard InChI is InChI=1S/C11H13N5/c1-15(2)8-3-4-10-9(5-12)14-11(6-13)16(10)7-8/h3-4,7H,6,13H2,1-2H3. The van der Waals surface area contributed by atoms with Crippen LogP contribution in [0.1, 0.15) is 11.5 Å². The molecule has 0 bridgehead atoms. The van der Waals surface area contributed by atoms with Gasteiger partial charge in [0.15, 0.2) is 5.69 Å². The minimum Gasteiger partial charge on any atom is -0.376 e. The average molecular weight is 215 g/mol. The second-order valence-corrected chi connectivity index (χ2v) is 3.73. The van der Waals surface area contributed by atoms with E-state index >= 15 is 0 Å². The van der Waals surface area contributed by atoms with E-state index in [4.69, 9.17) is 11.0 Å². The van der Waals surface area contributed by atoms with Crippen molar-refractivity contribution in [3.05, 3.63) is 29.8 Å². The van der Waals surface area contributed by atoms with Gasteiger partial charge < -0.3 is 10.6 Å². The molecule has 0 amide bonds. The molecule has 2 heterocycles. The highest BCUT2D eigenvalue weighted by Crippen LogP contribution is 2.18. The molecule has 0 spiro atoms. The van der Waals surface area contributed by atoms with Crippen LogP contribution in [0.25, 0.3) is 5.52 Å². The van der Waals surface area contributed by atoms with Crippen molar-refractivity contribution in [3.63, 3.8) is 0 Å². The first-order chi connectivity index (χ1) is 7.67. The van der Waals surface area contributed by atoms with Crippen LogP contribution in [0.4, 0.5) is 5.69 Å². The lowest BCUT2D eigenvalue weighted by molar-refractivity contribution is 0.899. The Balaban J connectivity index is 2.72. The molecular formula is C11H13N5. The van der Waals surface area contributed by atoms with Crippen LogP contribution in [-0.4, -0.2) is 23.5 Å². The summed E-state index contributed by atoms with van der Waals surface area (Å²) in [7, 11) is 3.93. The van der Waals surface area contributed by atoms with Gasteiger partial charge in [0.25, 0.3) is 0 Å². The molecule has 0 saturated carbocycles. The van der Waals surface area contributed by atoms with E-state index in [1.807, 2.05) is 41.7 Å². The highest BCUT2D eigenvalue weighted by atomic mass is 15.1. The van der Waals surface area contributed by atoms with Crippen LogP contribution in [0.3, 0.4) is 0 Å². The van der Waals surface area contributed by atoms with E-state index in [9.17, 15) is 0 Å². The van der Waals surface area contributed by atoms with Gasteiger partial charge in [-0.2, -0.15) is 5.26 Å². The van der Waals surface area contributed by atoms with Gasteiger partial charge in [-0.3, -0.25) is 4.40 Å². The fourth-order valence-corrected chi connectivity index (χ4v) is 1.63. The number of anilines is 1. The van der Waals surface area contributed by atoms with Crippen molar-refractivity contribution in [2.75, 3.05) is 19.0 Å². The van der Waals surface area contributed by atoms with Crippen LogP contribution in [0, 0.1) is 11.3 Å². The number of hydrogen-bond acceptors (Lipinski definition) is 4. The third kappa shape index (κ3) is 1.49. The maximum atomic E-state index is 8.95. The predicted octanol–water partition coefficient (Wildman–Crippen LogP) is 0.731. The molecule has 5 heteroatoms. The van der Waals surface area contributed by atoms with Crippen molar-refractivity contribution in [1.82, 2.24) is 9.38 Å². The van der Waals surface area contributed by atoms with E-state index in [0.717, 1.165) is 11.2 Å². The Morgan fingerprint density at radius 3 is 2.81 bits per heavy atom. The molecule has 2 aromatic heterocycles. The zero-order valence-corrected chi connectivity index (χ0v) is 9.31. The van der Waals surface area contributed by atoms with Gasteiger partial charge in [-0.15, -0.1) is 0 Å². The van der Waals surface area contributed by atoms with Crippen LogP contribution in [0.5, 0.6) is 0 Å². The third-order valence-electron chi connectivity index (χ3n) is 2.50. The smallest absolute Gasteiger partial charge is 0.166 e. The fourth-order valence-electron chi connectivity index (χ4n) is 1.63. The summed E-state index contributed by atoms with van der Waals surface area (Å²) in [6, 6.07) is 5.92. The van der Waals surface area contributed by atoms with E-state index in [1.165, 1.54) is 0 Å². The Bertz CT molecular complexity index is 561. The molecule has 0 saturated heterocycles. The summed E-state index contributed by atoms with van der Waals surface area (Å²) in [6.45, 7) is 0.319. The Hall–Kier alpha value is -2.06. The monoisotopic (exact) mass is 215 g/mol. The summed E-state index contributed by atoms with van der Waals surface area (Å²) in [4.78, 5) is 6.18. The summed E-state index contributed by atoms with van der Waals surface area (Å²) < 4.78 is 1.87. The number of nitrogens with two attached hydrogens (primary N) is 1. The van der Waals surface area contributed by atoms with Crippen LogP contribution in [0.2, 0.25) is 0 Å². The number of fused-ring (bicyclic) bond motifs is 1. The minimum atomic E-state index is 0.319.